The maximum absolute atomic E-state index is 5.49. The van der Waals surface area contributed by atoms with Crippen LogP contribution in [0.5, 0.6) is 0 Å². The molecule has 1 aliphatic rings. The fourth-order valence-electron chi connectivity index (χ4n) is 1.68. The van der Waals surface area contributed by atoms with Gasteiger partial charge in [-0.25, -0.2) is 0 Å². The van der Waals surface area contributed by atoms with Gasteiger partial charge in [-0.3, -0.25) is 4.68 Å². The van der Waals surface area contributed by atoms with Crippen LogP contribution in [0, 0.1) is 0 Å². The summed E-state index contributed by atoms with van der Waals surface area (Å²) < 4.78 is 7.31. The molecule has 0 aromatic carbocycles. The summed E-state index contributed by atoms with van der Waals surface area (Å²) in [4.78, 5) is 0. The van der Waals surface area contributed by atoms with E-state index < -0.39 is 0 Å². The van der Waals surface area contributed by atoms with Crippen LogP contribution in [-0.2, 0) is 18.2 Å². The normalized spacial score (nSPS) is 19.8. The average Bonchev–Trinajstić information content (AvgIpc) is 2.44. The third-order valence-corrected chi connectivity index (χ3v) is 2.61. The first-order valence-corrected chi connectivity index (χ1v) is 4.47. The summed E-state index contributed by atoms with van der Waals surface area (Å²) in [6, 6.07) is 0. The molecule has 1 fully saturated rings. The minimum Gasteiger partial charge on any atom is -0.375 e. The van der Waals surface area contributed by atoms with E-state index >= 15 is 0 Å². The van der Waals surface area contributed by atoms with Crippen LogP contribution in [0.1, 0.15) is 5.56 Å². The Hall–Kier alpha value is -0.870. The lowest BCUT2D eigenvalue weighted by Crippen LogP contribution is -2.61. The lowest BCUT2D eigenvalue weighted by atomic mass is 9.90. The van der Waals surface area contributed by atoms with Crippen LogP contribution in [0.4, 0.5) is 0 Å². The summed E-state index contributed by atoms with van der Waals surface area (Å²) in [6.45, 7) is 1.89. The maximum Gasteiger partial charge on any atom is 0.0967 e. The van der Waals surface area contributed by atoms with Gasteiger partial charge in [0.1, 0.15) is 0 Å². The summed E-state index contributed by atoms with van der Waals surface area (Å²) >= 11 is 0. The third kappa shape index (κ3) is 1.59. The molecule has 4 nitrogen and oxygen atoms in total. The number of rotatable bonds is 3. The van der Waals surface area contributed by atoms with Crippen molar-refractivity contribution in [3.63, 3.8) is 0 Å². The van der Waals surface area contributed by atoms with Gasteiger partial charge in [0.15, 0.2) is 0 Å². The van der Waals surface area contributed by atoms with E-state index in [0.29, 0.717) is 0 Å². The van der Waals surface area contributed by atoms with E-state index in [2.05, 4.69) is 10.4 Å². The van der Waals surface area contributed by atoms with Crippen molar-refractivity contribution < 1.29 is 4.74 Å². The molecule has 1 aromatic heterocycles. The van der Waals surface area contributed by atoms with Crippen molar-refractivity contribution >= 4 is 0 Å². The molecule has 4 heteroatoms. The minimum absolute atomic E-state index is 0.0169. The predicted octanol–water partition coefficient (Wildman–Crippen LogP) is -0.0490. The molecule has 1 saturated heterocycles. The Bertz CT molecular complexity index is 285. The number of methoxy groups -OCH3 is 1. The van der Waals surface area contributed by atoms with Gasteiger partial charge >= 0.3 is 0 Å². The van der Waals surface area contributed by atoms with E-state index in [1.807, 2.05) is 24.1 Å². The second-order valence-electron chi connectivity index (χ2n) is 3.69. The standard InChI is InChI=1S/C9H15N3O/c1-12-5-8(4-11-12)3-9(13-2)6-10-7-9/h4-5,10H,3,6-7H2,1-2H3. The lowest BCUT2D eigenvalue weighted by molar-refractivity contribution is -0.0502. The van der Waals surface area contributed by atoms with Crippen molar-refractivity contribution in [3.05, 3.63) is 18.0 Å². The summed E-state index contributed by atoms with van der Waals surface area (Å²) in [5.74, 6) is 0. The molecule has 0 radical (unpaired) electrons. The molecule has 0 aliphatic carbocycles. The Morgan fingerprint density at radius 2 is 2.46 bits per heavy atom. The van der Waals surface area contributed by atoms with Gasteiger partial charge in [0.2, 0.25) is 0 Å². The molecule has 0 spiro atoms. The SMILES string of the molecule is COC1(Cc2cnn(C)c2)CNC1. The predicted molar refractivity (Wildman–Crippen MR) is 49.5 cm³/mol. The van der Waals surface area contributed by atoms with Crippen LogP contribution < -0.4 is 5.32 Å². The topological polar surface area (TPSA) is 39.1 Å². The zero-order valence-corrected chi connectivity index (χ0v) is 8.08. The van der Waals surface area contributed by atoms with Crippen molar-refractivity contribution in [1.82, 2.24) is 15.1 Å². The number of nitrogens with zero attached hydrogens (tertiary/aromatic N) is 2. The van der Waals surface area contributed by atoms with Gasteiger partial charge < -0.3 is 10.1 Å². The van der Waals surface area contributed by atoms with Crippen LogP contribution in [-0.4, -0.2) is 35.6 Å². The summed E-state index contributed by atoms with van der Waals surface area (Å²) in [5, 5.41) is 7.36. The van der Waals surface area contributed by atoms with Crippen LogP contribution in [0.3, 0.4) is 0 Å². The molecule has 0 unspecified atom stereocenters. The van der Waals surface area contributed by atoms with Crippen molar-refractivity contribution in [2.75, 3.05) is 20.2 Å². The zero-order valence-electron chi connectivity index (χ0n) is 8.08. The van der Waals surface area contributed by atoms with E-state index in [4.69, 9.17) is 4.74 Å². The van der Waals surface area contributed by atoms with E-state index in [0.717, 1.165) is 19.5 Å². The lowest BCUT2D eigenvalue weighted by Gasteiger charge is -2.41. The molecule has 1 aromatic rings. The fourth-order valence-corrected chi connectivity index (χ4v) is 1.68. The highest BCUT2D eigenvalue weighted by atomic mass is 16.5. The highest BCUT2D eigenvalue weighted by molar-refractivity contribution is 5.12. The van der Waals surface area contributed by atoms with Gasteiger partial charge in [0.05, 0.1) is 11.8 Å². The molecule has 2 rings (SSSR count). The van der Waals surface area contributed by atoms with E-state index in [1.165, 1.54) is 5.56 Å². The van der Waals surface area contributed by atoms with Gasteiger partial charge in [0.25, 0.3) is 0 Å². The number of aromatic nitrogens is 2. The molecule has 13 heavy (non-hydrogen) atoms. The van der Waals surface area contributed by atoms with E-state index in [9.17, 15) is 0 Å². The smallest absolute Gasteiger partial charge is 0.0967 e. The van der Waals surface area contributed by atoms with Gasteiger partial charge in [-0.2, -0.15) is 5.10 Å². The van der Waals surface area contributed by atoms with Gasteiger partial charge in [-0.15, -0.1) is 0 Å². The number of hydrogen-bond acceptors (Lipinski definition) is 3. The second kappa shape index (κ2) is 3.12. The molecule has 0 saturated carbocycles. The van der Waals surface area contributed by atoms with E-state index in [1.54, 1.807) is 7.11 Å². The molecule has 0 bridgehead atoms. The number of ether oxygens (including phenoxy) is 1. The highest BCUT2D eigenvalue weighted by Gasteiger charge is 2.37. The molecule has 72 valence electrons. The van der Waals surface area contributed by atoms with Gasteiger partial charge in [-0.05, 0) is 5.56 Å². The van der Waals surface area contributed by atoms with Gasteiger partial charge in [0, 0.05) is 39.9 Å². The first-order valence-electron chi connectivity index (χ1n) is 4.47. The molecule has 1 aliphatic heterocycles. The Morgan fingerprint density at radius 3 is 2.85 bits per heavy atom. The van der Waals surface area contributed by atoms with Crippen molar-refractivity contribution in [2.24, 2.45) is 7.05 Å². The van der Waals surface area contributed by atoms with Crippen molar-refractivity contribution in [3.8, 4) is 0 Å². The molecule has 0 amide bonds. The van der Waals surface area contributed by atoms with Crippen LogP contribution in [0.25, 0.3) is 0 Å². The van der Waals surface area contributed by atoms with E-state index in [-0.39, 0.29) is 5.60 Å². The summed E-state index contributed by atoms with van der Waals surface area (Å²) in [5.41, 5.74) is 1.26. The summed E-state index contributed by atoms with van der Waals surface area (Å²) in [7, 11) is 3.71. The van der Waals surface area contributed by atoms with Gasteiger partial charge in [-0.1, -0.05) is 0 Å². The Balaban J connectivity index is 2.04. The minimum atomic E-state index is 0.0169. The highest BCUT2D eigenvalue weighted by Crippen LogP contribution is 2.21. The fraction of sp³-hybridized carbons (Fsp3) is 0.667. The molecule has 0 atom stereocenters. The Morgan fingerprint density at radius 1 is 1.69 bits per heavy atom. The second-order valence-corrected chi connectivity index (χ2v) is 3.69. The quantitative estimate of drug-likeness (QED) is 0.710. The van der Waals surface area contributed by atoms with Crippen molar-refractivity contribution in [2.45, 2.75) is 12.0 Å². The molecular weight excluding hydrogens is 166 g/mol. The maximum atomic E-state index is 5.49. The first-order chi connectivity index (χ1) is 6.24. The number of aryl methyl sites for hydroxylation is 1. The average molecular weight is 181 g/mol. The Kier molecular flexibility index (Phi) is 2.09. The Labute approximate surface area is 77.9 Å². The largest absolute Gasteiger partial charge is 0.375 e. The summed E-state index contributed by atoms with van der Waals surface area (Å²) in [6.07, 6.45) is 4.89. The van der Waals surface area contributed by atoms with Crippen LogP contribution in [0.2, 0.25) is 0 Å². The number of nitrogens with one attached hydrogen (secondary N) is 1. The zero-order chi connectivity index (χ0) is 9.31. The monoisotopic (exact) mass is 181 g/mol. The van der Waals surface area contributed by atoms with Crippen LogP contribution in [0.15, 0.2) is 12.4 Å². The molecule has 2 heterocycles. The van der Waals surface area contributed by atoms with Crippen molar-refractivity contribution in [1.29, 1.82) is 0 Å². The third-order valence-electron chi connectivity index (χ3n) is 2.61. The first kappa shape index (κ1) is 8.72. The number of hydrogen-bond donors (Lipinski definition) is 1. The molecular formula is C9H15N3O. The molecule has 1 N–H and O–H groups in total. The van der Waals surface area contributed by atoms with Crippen LogP contribution >= 0.6 is 0 Å².